The Hall–Kier alpha value is -1.51. The molecule has 0 aromatic heterocycles. The van der Waals surface area contributed by atoms with Crippen LogP contribution in [0.25, 0.3) is 0 Å². The third-order valence-electron chi connectivity index (χ3n) is 4.09. The van der Waals surface area contributed by atoms with E-state index in [4.69, 9.17) is 0 Å². The van der Waals surface area contributed by atoms with Crippen molar-refractivity contribution in [3.63, 3.8) is 0 Å². The lowest BCUT2D eigenvalue weighted by Crippen LogP contribution is -2.34. The second-order valence-corrected chi connectivity index (χ2v) is 6.16. The summed E-state index contributed by atoms with van der Waals surface area (Å²) in [5.41, 5.74) is 2.63. The summed E-state index contributed by atoms with van der Waals surface area (Å²) < 4.78 is 0. The zero-order valence-electron chi connectivity index (χ0n) is 12.1. The van der Waals surface area contributed by atoms with Crippen LogP contribution in [0.15, 0.2) is 24.3 Å². The van der Waals surface area contributed by atoms with Crippen molar-refractivity contribution in [2.75, 3.05) is 18.4 Å². The summed E-state index contributed by atoms with van der Waals surface area (Å²) in [4.78, 5) is 12.0. The van der Waals surface area contributed by atoms with Gasteiger partial charge in [0.15, 0.2) is 0 Å². The third-order valence-corrected chi connectivity index (χ3v) is 4.09. The van der Waals surface area contributed by atoms with Crippen molar-refractivity contribution in [2.24, 2.45) is 5.41 Å². The first-order chi connectivity index (χ1) is 9.02. The molecule has 1 heterocycles. The van der Waals surface area contributed by atoms with E-state index in [2.05, 4.69) is 43.5 Å². The number of nitrogens with one attached hydrogen (secondary N) is 2. The minimum Gasteiger partial charge on any atom is -0.384 e. The molecule has 0 bridgehead atoms. The van der Waals surface area contributed by atoms with Gasteiger partial charge in [0.25, 0.3) is 0 Å². The van der Waals surface area contributed by atoms with Gasteiger partial charge in [0.1, 0.15) is 0 Å². The second-order valence-electron chi connectivity index (χ2n) is 6.16. The average molecular weight is 260 g/mol. The highest BCUT2D eigenvalue weighted by Crippen LogP contribution is 2.33. The van der Waals surface area contributed by atoms with Gasteiger partial charge >= 0.3 is 0 Å². The van der Waals surface area contributed by atoms with Gasteiger partial charge in [-0.1, -0.05) is 39.0 Å². The molecule has 2 N–H and O–H groups in total. The highest BCUT2D eigenvalue weighted by molar-refractivity contribution is 5.78. The lowest BCUT2D eigenvalue weighted by molar-refractivity contribution is -0.121. The fourth-order valence-corrected chi connectivity index (χ4v) is 2.30. The summed E-state index contributed by atoms with van der Waals surface area (Å²) in [7, 11) is 0. The van der Waals surface area contributed by atoms with Crippen molar-refractivity contribution in [2.45, 2.75) is 39.5 Å². The van der Waals surface area contributed by atoms with Gasteiger partial charge < -0.3 is 10.6 Å². The fourth-order valence-electron chi connectivity index (χ4n) is 2.30. The molecule has 0 saturated carbocycles. The molecule has 1 unspecified atom stereocenters. The molecular formula is C16H24N2O. The molecule has 0 spiro atoms. The van der Waals surface area contributed by atoms with Crippen LogP contribution in [-0.4, -0.2) is 19.0 Å². The van der Waals surface area contributed by atoms with E-state index in [1.54, 1.807) is 0 Å². The Balaban J connectivity index is 1.88. The van der Waals surface area contributed by atoms with Gasteiger partial charge in [0.2, 0.25) is 5.91 Å². The molecular weight excluding hydrogens is 236 g/mol. The summed E-state index contributed by atoms with van der Waals surface area (Å²) in [6, 6.07) is 8.26. The first-order valence-corrected chi connectivity index (χ1v) is 7.11. The van der Waals surface area contributed by atoms with Crippen molar-refractivity contribution in [3.05, 3.63) is 29.8 Å². The van der Waals surface area contributed by atoms with Gasteiger partial charge in [-0.2, -0.15) is 0 Å². The van der Waals surface area contributed by atoms with E-state index < -0.39 is 0 Å². The zero-order chi connectivity index (χ0) is 13.9. The fraction of sp³-hybridized carbons (Fsp3) is 0.562. The van der Waals surface area contributed by atoms with Crippen LogP contribution in [0.2, 0.25) is 0 Å². The van der Waals surface area contributed by atoms with Crippen LogP contribution in [0.5, 0.6) is 0 Å². The van der Waals surface area contributed by atoms with E-state index in [0.29, 0.717) is 12.3 Å². The molecule has 0 fully saturated rings. The predicted molar refractivity (Wildman–Crippen MR) is 79.4 cm³/mol. The topological polar surface area (TPSA) is 41.1 Å². The zero-order valence-corrected chi connectivity index (χ0v) is 12.1. The Bertz CT molecular complexity index is 454. The molecule has 1 aliphatic heterocycles. The van der Waals surface area contributed by atoms with E-state index in [0.717, 1.165) is 19.5 Å². The SMILES string of the molecule is CCC(C)(C)CNC(=O)CC1CNc2ccccc21. The molecule has 0 saturated heterocycles. The van der Waals surface area contributed by atoms with Crippen molar-refractivity contribution < 1.29 is 4.79 Å². The number of para-hydroxylation sites is 1. The van der Waals surface area contributed by atoms with Gasteiger partial charge in [-0.15, -0.1) is 0 Å². The molecule has 0 radical (unpaired) electrons. The average Bonchev–Trinajstić information content (AvgIpc) is 2.80. The van der Waals surface area contributed by atoms with Crippen LogP contribution >= 0.6 is 0 Å². The Morgan fingerprint density at radius 1 is 1.42 bits per heavy atom. The van der Waals surface area contributed by atoms with E-state index in [9.17, 15) is 4.79 Å². The van der Waals surface area contributed by atoms with Crippen LogP contribution < -0.4 is 10.6 Å². The Labute approximate surface area is 115 Å². The van der Waals surface area contributed by atoms with E-state index in [1.807, 2.05) is 12.1 Å². The summed E-state index contributed by atoms with van der Waals surface area (Å²) >= 11 is 0. The highest BCUT2D eigenvalue weighted by atomic mass is 16.1. The number of rotatable bonds is 5. The van der Waals surface area contributed by atoms with Gasteiger partial charge in [-0.3, -0.25) is 4.79 Å². The minimum absolute atomic E-state index is 0.157. The molecule has 0 aliphatic carbocycles. The number of benzene rings is 1. The van der Waals surface area contributed by atoms with Crippen LogP contribution in [0, 0.1) is 5.41 Å². The largest absolute Gasteiger partial charge is 0.384 e. The molecule has 2 rings (SSSR count). The van der Waals surface area contributed by atoms with Gasteiger partial charge in [0.05, 0.1) is 0 Å². The van der Waals surface area contributed by atoms with Crippen molar-refractivity contribution >= 4 is 11.6 Å². The predicted octanol–water partition coefficient (Wildman–Crippen LogP) is 3.14. The first-order valence-electron chi connectivity index (χ1n) is 7.11. The molecule has 1 amide bonds. The van der Waals surface area contributed by atoms with E-state index in [-0.39, 0.29) is 11.3 Å². The number of hydrogen-bond acceptors (Lipinski definition) is 2. The maximum absolute atomic E-state index is 12.0. The number of carbonyl (C=O) groups excluding carboxylic acids is 1. The molecule has 19 heavy (non-hydrogen) atoms. The molecule has 1 aromatic rings. The van der Waals surface area contributed by atoms with Crippen molar-refractivity contribution in [1.82, 2.24) is 5.32 Å². The molecule has 1 atom stereocenters. The molecule has 3 heteroatoms. The van der Waals surface area contributed by atoms with E-state index in [1.165, 1.54) is 11.3 Å². The number of hydrogen-bond donors (Lipinski definition) is 2. The normalized spacial score (nSPS) is 17.7. The lowest BCUT2D eigenvalue weighted by Gasteiger charge is -2.23. The summed E-state index contributed by atoms with van der Waals surface area (Å²) in [5, 5.41) is 6.42. The standard InChI is InChI=1S/C16H24N2O/c1-4-16(2,3)11-18-15(19)9-12-10-17-14-8-6-5-7-13(12)14/h5-8,12,17H,4,9-11H2,1-3H3,(H,18,19). The maximum atomic E-state index is 12.0. The molecule has 1 aromatic carbocycles. The van der Waals surface area contributed by atoms with E-state index >= 15 is 0 Å². The van der Waals surface area contributed by atoms with Crippen LogP contribution in [0.4, 0.5) is 5.69 Å². The smallest absolute Gasteiger partial charge is 0.220 e. The number of anilines is 1. The van der Waals surface area contributed by atoms with Crippen LogP contribution in [0.1, 0.15) is 45.1 Å². The monoisotopic (exact) mass is 260 g/mol. The quantitative estimate of drug-likeness (QED) is 0.854. The number of carbonyl (C=O) groups is 1. The Morgan fingerprint density at radius 3 is 2.89 bits per heavy atom. The number of fused-ring (bicyclic) bond motifs is 1. The highest BCUT2D eigenvalue weighted by Gasteiger charge is 2.24. The molecule has 104 valence electrons. The second kappa shape index (κ2) is 5.64. The van der Waals surface area contributed by atoms with Crippen LogP contribution in [-0.2, 0) is 4.79 Å². The van der Waals surface area contributed by atoms with Crippen molar-refractivity contribution in [1.29, 1.82) is 0 Å². The maximum Gasteiger partial charge on any atom is 0.220 e. The molecule has 3 nitrogen and oxygen atoms in total. The minimum atomic E-state index is 0.157. The van der Waals surface area contributed by atoms with Gasteiger partial charge in [0, 0.05) is 31.1 Å². The first kappa shape index (κ1) is 13.9. The summed E-state index contributed by atoms with van der Waals surface area (Å²) in [6.07, 6.45) is 1.64. The van der Waals surface area contributed by atoms with Crippen LogP contribution in [0.3, 0.4) is 0 Å². The Kier molecular flexibility index (Phi) is 4.13. The van der Waals surface area contributed by atoms with Crippen molar-refractivity contribution in [3.8, 4) is 0 Å². The third kappa shape index (κ3) is 3.49. The summed E-state index contributed by atoms with van der Waals surface area (Å²) in [5.74, 6) is 0.464. The number of amides is 1. The summed E-state index contributed by atoms with van der Waals surface area (Å²) in [6.45, 7) is 8.14. The van der Waals surface area contributed by atoms with Gasteiger partial charge in [-0.05, 0) is 23.5 Å². The lowest BCUT2D eigenvalue weighted by atomic mass is 9.90. The Morgan fingerprint density at radius 2 is 2.16 bits per heavy atom. The molecule has 1 aliphatic rings. The van der Waals surface area contributed by atoms with Gasteiger partial charge in [-0.25, -0.2) is 0 Å².